The number of carboxylic acids is 1. The molecule has 0 saturated heterocycles. The van der Waals surface area contributed by atoms with Crippen LogP contribution < -0.4 is 10.6 Å². The summed E-state index contributed by atoms with van der Waals surface area (Å²) in [6.07, 6.45) is 3.33. The quantitative estimate of drug-likeness (QED) is 0.586. The van der Waals surface area contributed by atoms with E-state index in [9.17, 15) is 9.59 Å². The smallest absolute Gasteiger partial charge is 0.325 e. The number of rotatable bonds is 6. The van der Waals surface area contributed by atoms with Crippen LogP contribution in [0.3, 0.4) is 0 Å². The maximum absolute atomic E-state index is 12.5. The molecule has 0 bridgehead atoms. The molecule has 1 heterocycles. The van der Waals surface area contributed by atoms with Crippen LogP contribution in [-0.4, -0.2) is 33.0 Å². The van der Waals surface area contributed by atoms with E-state index in [1.165, 1.54) is 6.92 Å². The lowest BCUT2D eigenvalue weighted by atomic mass is 9.96. The van der Waals surface area contributed by atoms with E-state index in [0.717, 1.165) is 11.4 Å². The van der Waals surface area contributed by atoms with Crippen molar-refractivity contribution in [3.63, 3.8) is 0 Å². The highest BCUT2D eigenvalue weighted by Gasteiger charge is 2.18. The van der Waals surface area contributed by atoms with Crippen LogP contribution in [-0.2, 0) is 11.3 Å². The molecule has 27 heavy (non-hydrogen) atoms. The van der Waals surface area contributed by atoms with E-state index in [1.807, 2.05) is 20.8 Å². The number of benzene rings is 1. The average molecular weight is 368 g/mol. The van der Waals surface area contributed by atoms with Crippen molar-refractivity contribution in [1.82, 2.24) is 15.3 Å². The molecule has 7 heteroatoms. The monoisotopic (exact) mass is 368 g/mol. The summed E-state index contributed by atoms with van der Waals surface area (Å²) in [5, 5.41) is 14.7. The van der Waals surface area contributed by atoms with Crippen LogP contribution in [0.4, 0.5) is 5.69 Å². The van der Waals surface area contributed by atoms with Crippen molar-refractivity contribution in [3.8, 4) is 11.8 Å². The summed E-state index contributed by atoms with van der Waals surface area (Å²) >= 11 is 0. The number of anilines is 1. The zero-order valence-corrected chi connectivity index (χ0v) is 15.9. The number of carbonyl (C=O) groups excluding carboxylic acids is 1. The number of carbonyl (C=O) groups is 2. The third-order valence-corrected chi connectivity index (χ3v) is 3.59. The molecule has 0 fully saturated rings. The van der Waals surface area contributed by atoms with Gasteiger partial charge >= 0.3 is 5.97 Å². The van der Waals surface area contributed by atoms with Crippen LogP contribution >= 0.6 is 0 Å². The lowest BCUT2D eigenvalue weighted by molar-refractivity contribution is -0.138. The maximum Gasteiger partial charge on any atom is 0.325 e. The van der Waals surface area contributed by atoms with Crippen molar-refractivity contribution in [3.05, 3.63) is 47.5 Å². The van der Waals surface area contributed by atoms with Crippen molar-refractivity contribution in [2.75, 3.05) is 5.32 Å². The van der Waals surface area contributed by atoms with Crippen LogP contribution in [0.5, 0.6) is 0 Å². The fourth-order valence-corrected chi connectivity index (χ4v) is 2.13. The van der Waals surface area contributed by atoms with E-state index in [1.54, 1.807) is 30.7 Å². The molecule has 0 aliphatic rings. The zero-order valence-electron chi connectivity index (χ0n) is 15.9. The topological polar surface area (TPSA) is 107 Å². The summed E-state index contributed by atoms with van der Waals surface area (Å²) in [6.45, 7) is 7.90. The van der Waals surface area contributed by atoms with Gasteiger partial charge in [0.05, 0.1) is 24.1 Å². The first kappa shape index (κ1) is 20.0. The number of imidazole rings is 1. The third-order valence-electron chi connectivity index (χ3n) is 3.59. The van der Waals surface area contributed by atoms with Gasteiger partial charge in [0.1, 0.15) is 6.04 Å². The van der Waals surface area contributed by atoms with Crippen molar-refractivity contribution in [2.24, 2.45) is 5.41 Å². The Morgan fingerprint density at radius 2 is 2.07 bits per heavy atom. The van der Waals surface area contributed by atoms with Gasteiger partial charge in [-0.1, -0.05) is 11.8 Å². The summed E-state index contributed by atoms with van der Waals surface area (Å²) < 4.78 is 0. The zero-order chi connectivity index (χ0) is 20.0. The summed E-state index contributed by atoms with van der Waals surface area (Å²) in [5.74, 6) is 4.60. The fourth-order valence-electron chi connectivity index (χ4n) is 2.13. The number of aromatic amines is 1. The van der Waals surface area contributed by atoms with Crippen molar-refractivity contribution < 1.29 is 14.7 Å². The van der Waals surface area contributed by atoms with E-state index in [2.05, 4.69) is 32.4 Å². The van der Waals surface area contributed by atoms with E-state index in [-0.39, 0.29) is 5.41 Å². The number of hydrogen-bond acceptors (Lipinski definition) is 4. The Kier molecular flexibility index (Phi) is 6.24. The van der Waals surface area contributed by atoms with Crippen LogP contribution in [0.15, 0.2) is 30.7 Å². The fraction of sp³-hybridized carbons (Fsp3) is 0.350. The number of amides is 1. The van der Waals surface area contributed by atoms with Gasteiger partial charge in [-0.25, -0.2) is 4.98 Å². The van der Waals surface area contributed by atoms with Gasteiger partial charge in [0.25, 0.3) is 5.91 Å². The molecule has 4 N–H and O–H groups in total. The Labute approximate surface area is 158 Å². The van der Waals surface area contributed by atoms with Crippen LogP contribution in [0.1, 0.15) is 49.3 Å². The van der Waals surface area contributed by atoms with Gasteiger partial charge in [-0.05, 0) is 45.9 Å². The number of carboxylic acid groups (broad SMARTS) is 1. The molecule has 0 spiro atoms. The Morgan fingerprint density at radius 3 is 2.67 bits per heavy atom. The molecule has 0 unspecified atom stereocenters. The Bertz CT molecular complexity index is 871. The second-order valence-corrected chi connectivity index (χ2v) is 7.22. The van der Waals surface area contributed by atoms with Gasteiger partial charge in [-0.2, -0.15) is 0 Å². The summed E-state index contributed by atoms with van der Waals surface area (Å²) in [6, 6.07) is 4.21. The molecule has 7 nitrogen and oxygen atoms in total. The number of nitrogens with one attached hydrogen (secondary N) is 3. The molecule has 1 atom stereocenters. The van der Waals surface area contributed by atoms with Gasteiger partial charge in [0.15, 0.2) is 0 Å². The molecule has 1 amide bonds. The number of aromatic nitrogens is 2. The first-order chi connectivity index (χ1) is 12.7. The Morgan fingerprint density at radius 1 is 1.33 bits per heavy atom. The molecule has 1 aromatic carbocycles. The predicted molar refractivity (Wildman–Crippen MR) is 103 cm³/mol. The Hall–Kier alpha value is -3.27. The molecule has 0 saturated carbocycles. The molecule has 2 rings (SSSR count). The van der Waals surface area contributed by atoms with Crippen LogP contribution in [0, 0.1) is 17.3 Å². The number of aliphatic carboxylic acids is 1. The van der Waals surface area contributed by atoms with Crippen LogP contribution in [0.25, 0.3) is 0 Å². The lowest BCUT2D eigenvalue weighted by Crippen LogP contribution is -2.38. The van der Waals surface area contributed by atoms with Gasteiger partial charge in [0.2, 0.25) is 0 Å². The van der Waals surface area contributed by atoms with Crippen LogP contribution in [0.2, 0.25) is 0 Å². The number of H-pyrrole nitrogens is 1. The molecule has 2 aromatic rings. The normalized spacial score (nSPS) is 11.9. The minimum atomic E-state index is -1.09. The summed E-state index contributed by atoms with van der Waals surface area (Å²) in [5.41, 5.74) is 2.36. The molecular weight excluding hydrogens is 344 g/mol. The second kappa shape index (κ2) is 8.41. The second-order valence-electron chi connectivity index (χ2n) is 7.22. The van der Waals surface area contributed by atoms with E-state index in [0.29, 0.717) is 17.7 Å². The van der Waals surface area contributed by atoms with Gasteiger partial charge < -0.3 is 20.7 Å². The van der Waals surface area contributed by atoms with E-state index >= 15 is 0 Å². The number of nitrogens with zero attached hydrogens (tertiary/aromatic N) is 1. The first-order valence-corrected chi connectivity index (χ1v) is 8.58. The lowest BCUT2D eigenvalue weighted by Gasteiger charge is -2.13. The van der Waals surface area contributed by atoms with E-state index < -0.39 is 17.9 Å². The van der Waals surface area contributed by atoms with Gasteiger partial charge in [-0.15, -0.1) is 0 Å². The molecule has 0 aliphatic carbocycles. The third kappa shape index (κ3) is 6.19. The van der Waals surface area contributed by atoms with Crippen molar-refractivity contribution >= 4 is 17.6 Å². The largest absolute Gasteiger partial charge is 0.480 e. The SMILES string of the molecule is C[C@H](NC(=O)c1ccc(NCc2cnc[nH]2)cc1C#CC(C)(C)C)C(=O)O. The minimum absolute atomic E-state index is 0.235. The molecule has 142 valence electrons. The van der Waals surface area contributed by atoms with E-state index in [4.69, 9.17) is 5.11 Å². The summed E-state index contributed by atoms with van der Waals surface area (Å²) in [4.78, 5) is 30.5. The van der Waals surface area contributed by atoms with Crippen molar-refractivity contribution in [1.29, 1.82) is 0 Å². The predicted octanol–water partition coefficient (Wildman–Crippen LogP) is 2.62. The first-order valence-electron chi connectivity index (χ1n) is 8.58. The van der Waals surface area contributed by atoms with Crippen molar-refractivity contribution in [2.45, 2.75) is 40.3 Å². The molecule has 1 aromatic heterocycles. The molecular formula is C20H24N4O3. The highest BCUT2D eigenvalue weighted by molar-refractivity contribution is 5.99. The standard InChI is InChI=1S/C20H24N4O3/c1-13(19(26)27)24-18(25)17-6-5-15(22-11-16-10-21-12-23-16)9-14(17)7-8-20(2,3)4/h5-6,9-10,12-13,22H,11H2,1-4H3,(H,21,23)(H,24,25)(H,26,27)/t13-/m0/s1. The molecule has 0 radical (unpaired) electrons. The minimum Gasteiger partial charge on any atom is -0.480 e. The highest BCUT2D eigenvalue weighted by Crippen LogP contribution is 2.18. The Balaban J connectivity index is 2.29. The maximum atomic E-state index is 12.5. The molecule has 0 aliphatic heterocycles. The van der Waals surface area contributed by atoms with Gasteiger partial charge in [0, 0.05) is 22.9 Å². The average Bonchev–Trinajstić information content (AvgIpc) is 3.10. The van der Waals surface area contributed by atoms with Gasteiger partial charge in [-0.3, -0.25) is 9.59 Å². The summed E-state index contributed by atoms with van der Waals surface area (Å²) in [7, 11) is 0. The highest BCUT2D eigenvalue weighted by atomic mass is 16.4. The number of hydrogen-bond donors (Lipinski definition) is 4.